The Morgan fingerprint density at radius 1 is 0.920 bits per heavy atom. The average molecular weight is 338 g/mol. The third-order valence-electron chi connectivity index (χ3n) is 5.77. The number of para-hydroxylation sites is 1. The minimum Gasteiger partial charge on any atom is -0.368 e. The van der Waals surface area contributed by atoms with Gasteiger partial charge in [0.2, 0.25) is 0 Å². The van der Waals surface area contributed by atoms with Crippen LogP contribution in [0.2, 0.25) is 0 Å². The molecule has 4 rings (SSSR count). The molecule has 2 heterocycles. The summed E-state index contributed by atoms with van der Waals surface area (Å²) >= 11 is 0. The monoisotopic (exact) mass is 338 g/mol. The lowest BCUT2D eigenvalue weighted by Crippen LogP contribution is -2.44. The quantitative estimate of drug-likeness (QED) is 0.803. The molecule has 2 aliphatic heterocycles. The van der Waals surface area contributed by atoms with Crippen molar-refractivity contribution in [2.45, 2.75) is 38.1 Å². The summed E-state index contributed by atoms with van der Waals surface area (Å²) in [6.07, 6.45) is 5.94. The van der Waals surface area contributed by atoms with E-state index in [1.54, 1.807) is 12.1 Å². The number of aryl methyl sites for hydroxylation is 1. The number of rotatable bonds is 5. The second-order valence-corrected chi connectivity index (χ2v) is 7.37. The number of halogens is 1. The molecular weight excluding hydrogens is 311 g/mol. The molecule has 0 bridgehead atoms. The molecule has 0 atom stereocenters. The minimum absolute atomic E-state index is 0.144. The van der Waals surface area contributed by atoms with Crippen LogP contribution in [0.3, 0.4) is 0 Å². The van der Waals surface area contributed by atoms with Crippen molar-refractivity contribution in [3.63, 3.8) is 0 Å². The van der Waals surface area contributed by atoms with Crippen LogP contribution in [0.1, 0.15) is 30.4 Å². The van der Waals surface area contributed by atoms with E-state index >= 15 is 0 Å². The van der Waals surface area contributed by atoms with Crippen LogP contribution in [-0.4, -0.2) is 37.1 Å². The van der Waals surface area contributed by atoms with E-state index in [0.29, 0.717) is 6.04 Å². The molecule has 3 heteroatoms. The summed E-state index contributed by atoms with van der Waals surface area (Å²) in [6.45, 7) is 4.74. The number of benzene rings is 2. The predicted octanol–water partition coefficient (Wildman–Crippen LogP) is 4.29. The molecule has 1 saturated heterocycles. The molecule has 0 unspecified atom stereocenters. The van der Waals surface area contributed by atoms with Crippen LogP contribution in [0.25, 0.3) is 0 Å². The van der Waals surface area contributed by atoms with E-state index < -0.39 is 0 Å². The van der Waals surface area contributed by atoms with Gasteiger partial charge in [-0.05, 0) is 68.0 Å². The van der Waals surface area contributed by atoms with Gasteiger partial charge in [-0.2, -0.15) is 0 Å². The Bertz CT molecular complexity index is 689. The summed E-state index contributed by atoms with van der Waals surface area (Å²) in [6, 6.07) is 16.5. The smallest absolute Gasteiger partial charge is 0.123 e. The summed E-state index contributed by atoms with van der Waals surface area (Å²) in [4.78, 5) is 5.24. The van der Waals surface area contributed by atoms with Crippen LogP contribution in [-0.2, 0) is 12.8 Å². The highest BCUT2D eigenvalue weighted by Crippen LogP contribution is 2.32. The molecule has 2 aliphatic rings. The standard InChI is InChI=1S/C22H27FN2/c23-20-9-7-18(8-10-20)4-3-14-24-15-12-21(13-16-24)25-17-11-19-5-1-2-6-22(19)25/h1-2,5-10,21H,3-4,11-17H2. The summed E-state index contributed by atoms with van der Waals surface area (Å²) in [5.74, 6) is -0.144. The Kier molecular flexibility index (Phi) is 5.02. The fraction of sp³-hybridized carbons (Fsp3) is 0.455. The molecule has 0 aliphatic carbocycles. The van der Waals surface area contributed by atoms with Crippen LogP contribution in [0, 0.1) is 5.82 Å². The van der Waals surface area contributed by atoms with Crippen molar-refractivity contribution < 1.29 is 4.39 Å². The third-order valence-corrected chi connectivity index (χ3v) is 5.77. The Labute approximate surface area is 150 Å². The molecule has 0 amide bonds. The van der Waals surface area contributed by atoms with Crippen LogP contribution in [0.4, 0.5) is 10.1 Å². The highest BCUT2D eigenvalue weighted by molar-refractivity contribution is 5.58. The maximum atomic E-state index is 12.9. The number of anilines is 1. The molecule has 1 fully saturated rings. The van der Waals surface area contributed by atoms with Crippen LogP contribution >= 0.6 is 0 Å². The van der Waals surface area contributed by atoms with Crippen molar-refractivity contribution in [2.75, 3.05) is 31.1 Å². The van der Waals surface area contributed by atoms with E-state index in [1.165, 1.54) is 55.7 Å². The summed E-state index contributed by atoms with van der Waals surface area (Å²) in [7, 11) is 0. The molecule has 132 valence electrons. The second kappa shape index (κ2) is 7.57. The average Bonchev–Trinajstić information content (AvgIpc) is 3.08. The topological polar surface area (TPSA) is 6.48 Å². The molecule has 2 aromatic carbocycles. The van der Waals surface area contributed by atoms with E-state index in [4.69, 9.17) is 0 Å². The van der Waals surface area contributed by atoms with Gasteiger partial charge in [-0.1, -0.05) is 30.3 Å². The zero-order valence-corrected chi connectivity index (χ0v) is 14.8. The van der Waals surface area contributed by atoms with Gasteiger partial charge in [0, 0.05) is 31.4 Å². The zero-order chi connectivity index (χ0) is 17.1. The number of hydrogen-bond donors (Lipinski definition) is 0. The van der Waals surface area contributed by atoms with Gasteiger partial charge in [-0.3, -0.25) is 0 Å². The van der Waals surface area contributed by atoms with Crippen LogP contribution in [0.15, 0.2) is 48.5 Å². The molecule has 25 heavy (non-hydrogen) atoms. The summed E-state index contributed by atoms with van der Waals surface area (Å²) in [5, 5.41) is 0. The summed E-state index contributed by atoms with van der Waals surface area (Å²) < 4.78 is 12.9. The fourth-order valence-electron chi connectivity index (χ4n) is 4.36. The summed E-state index contributed by atoms with van der Waals surface area (Å²) in [5.41, 5.74) is 4.23. The fourth-order valence-corrected chi connectivity index (χ4v) is 4.36. The number of piperidine rings is 1. The van der Waals surface area contributed by atoms with E-state index in [2.05, 4.69) is 34.1 Å². The maximum absolute atomic E-state index is 12.9. The first kappa shape index (κ1) is 16.6. The first-order valence-corrected chi connectivity index (χ1v) is 9.61. The molecule has 0 radical (unpaired) electrons. The molecule has 0 saturated carbocycles. The molecular formula is C22H27FN2. The van der Waals surface area contributed by atoms with Gasteiger partial charge in [-0.15, -0.1) is 0 Å². The third kappa shape index (κ3) is 3.87. The van der Waals surface area contributed by atoms with Crippen LogP contribution < -0.4 is 4.90 Å². The molecule has 0 N–H and O–H groups in total. The second-order valence-electron chi connectivity index (χ2n) is 7.37. The van der Waals surface area contributed by atoms with Gasteiger partial charge in [-0.25, -0.2) is 4.39 Å². The van der Waals surface area contributed by atoms with Crippen molar-refractivity contribution in [2.24, 2.45) is 0 Å². The number of hydrogen-bond acceptors (Lipinski definition) is 2. The molecule has 0 spiro atoms. The van der Waals surface area contributed by atoms with Gasteiger partial charge >= 0.3 is 0 Å². The normalized spacial score (nSPS) is 18.5. The van der Waals surface area contributed by atoms with E-state index in [9.17, 15) is 4.39 Å². The SMILES string of the molecule is Fc1ccc(CCCN2CCC(N3CCc4ccccc43)CC2)cc1. The van der Waals surface area contributed by atoms with Crippen molar-refractivity contribution in [1.29, 1.82) is 0 Å². The van der Waals surface area contributed by atoms with Gasteiger partial charge in [0.15, 0.2) is 0 Å². The largest absolute Gasteiger partial charge is 0.368 e. The van der Waals surface area contributed by atoms with Gasteiger partial charge in [0.25, 0.3) is 0 Å². The lowest BCUT2D eigenvalue weighted by atomic mass is 10.0. The predicted molar refractivity (Wildman–Crippen MR) is 102 cm³/mol. The Hall–Kier alpha value is -1.87. The van der Waals surface area contributed by atoms with E-state index in [0.717, 1.165) is 19.4 Å². The Balaban J connectivity index is 1.23. The molecule has 2 nitrogen and oxygen atoms in total. The van der Waals surface area contributed by atoms with Gasteiger partial charge < -0.3 is 9.80 Å². The van der Waals surface area contributed by atoms with E-state index in [1.807, 2.05) is 12.1 Å². The van der Waals surface area contributed by atoms with Crippen molar-refractivity contribution in [3.8, 4) is 0 Å². The highest BCUT2D eigenvalue weighted by Gasteiger charge is 2.28. The van der Waals surface area contributed by atoms with Crippen molar-refractivity contribution in [3.05, 3.63) is 65.5 Å². The first-order chi connectivity index (χ1) is 12.3. The minimum atomic E-state index is -0.144. The van der Waals surface area contributed by atoms with Crippen LogP contribution in [0.5, 0.6) is 0 Å². The zero-order valence-electron chi connectivity index (χ0n) is 14.8. The maximum Gasteiger partial charge on any atom is 0.123 e. The lowest BCUT2D eigenvalue weighted by molar-refractivity contribution is 0.207. The van der Waals surface area contributed by atoms with Gasteiger partial charge in [0.1, 0.15) is 5.82 Å². The Morgan fingerprint density at radius 3 is 2.48 bits per heavy atom. The van der Waals surface area contributed by atoms with Crippen molar-refractivity contribution in [1.82, 2.24) is 4.90 Å². The van der Waals surface area contributed by atoms with E-state index in [-0.39, 0.29) is 5.82 Å². The first-order valence-electron chi connectivity index (χ1n) is 9.61. The van der Waals surface area contributed by atoms with Gasteiger partial charge in [0.05, 0.1) is 0 Å². The molecule has 0 aromatic heterocycles. The Morgan fingerprint density at radius 2 is 1.68 bits per heavy atom. The number of likely N-dealkylation sites (tertiary alicyclic amines) is 1. The highest BCUT2D eigenvalue weighted by atomic mass is 19.1. The number of nitrogens with zero attached hydrogens (tertiary/aromatic N) is 2. The molecule has 2 aromatic rings. The lowest BCUT2D eigenvalue weighted by Gasteiger charge is -2.38. The van der Waals surface area contributed by atoms with Crippen molar-refractivity contribution >= 4 is 5.69 Å². The number of fused-ring (bicyclic) bond motifs is 1.